The highest BCUT2D eigenvalue weighted by molar-refractivity contribution is 7.99. The lowest BCUT2D eigenvalue weighted by Gasteiger charge is -2.32. The van der Waals surface area contributed by atoms with Crippen molar-refractivity contribution in [3.05, 3.63) is 64.0 Å². The summed E-state index contributed by atoms with van der Waals surface area (Å²) in [6, 6.07) is 8.25. The van der Waals surface area contributed by atoms with E-state index in [0.29, 0.717) is 25.5 Å². The maximum atomic E-state index is 14.1. The first kappa shape index (κ1) is 31.9. The van der Waals surface area contributed by atoms with Crippen LogP contribution in [0.5, 0.6) is 0 Å². The number of benzene rings is 2. The van der Waals surface area contributed by atoms with E-state index in [0.717, 1.165) is 31.0 Å². The molecular weight excluding hydrogens is 575 g/mol. The molecule has 0 atom stereocenters. The van der Waals surface area contributed by atoms with E-state index in [1.54, 1.807) is 0 Å². The second kappa shape index (κ2) is 12.1. The highest BCUT2D eigenvalue weighted by Crippen LogP contribution is 2.48. The zero-order valence-electron chi connectivity index (χ0n) is 21.3. The van der Waals surface area contributed by atoms with Crippen molar-refractivity contribution < 1.29 is 48.7 Å². The second-order valence-corrected chi connectivity index (χ2v) is 10.2. The van der Waals surface area contributed by atoms with Gasteiger partial charge in [0.2, 0.25) is 0 Å². The molecule has 0 unspecified atom stereocenters. The van der Waals surface area contributed by atoms with E-state index in [4.69, 9.17) is 4.42 Å². The lowest BCUT2D eigenvalue weighted by molar-refractivity contribution is -0.310. The molecule has 1 heterocycles. The monoisotopic (exact) mass is 600 g/mol. The van der Waals surface area contributed by atoms with Crippen molar-refractivity contribution in [3.8, 4) is 11.1 Å². The largest absolute Gasteiger partial charge is 0.422 e. The standard InChI is InChI=1S/C27H25F9O3S/c1-3-4-5-6-16-7-10-19(21(11-16)26(32,33)34)20-12-17-8-9-18(13-22(17)39-23(20)37)40-15-25(30,31)27(35,36)24(28,29)14-38-2/h7-13H,3-6,14-15H2,1-2H3. The van der Waals surface area contributed by atoms with Crippen molar-refractivity contribution in [3.63, 3.8) is 0 Å². The predicted octanol–water partition coefficient (Wildman–Crippen LogP) is 8.86. The summed E-state index contributed by atoms with van der Waals surface area (Å²) in [5, 5.41) is 0.128. The Balaban J connectivity index is 1.91. The lowest BCUT2D eigenvalue weighted by Crippen LogP contribution is -2.57. The summed E-state index contributed by atoms with van der Waals surface area (Å²) in [7, 11) is 0.665. The van der Waals surface area contributed by atoms with Crippen LogP contribution < -0.4 is 5.63 Å². The van der Waals surface area contributed by atoms with Gasteiger partial charge < -0.3 is 9.15 Å². The van der Waals surface area contributed by atoms with Crippen LogP contribution in [0.25, 0.3) is 22.1 Å². The van der Waals surface area contributed by atoms with Crippen LogP contribution in [0.4, 0.5) is 39.5 Å². The van der Waals surface area contributed by atoms with E-state index in [1.807, 2.05) is 6.92 Å². The zero-order chi connectivity index (χ0) is 29.9. The average molecular weight is 601 g/mol. The summed E-state index contributed by atoms with van der Waals surface area (Å²) in [4.78, 5) is 12.6. The summed E-state index contributed by atoms with van der Waals surface area (Å²) in [5.74, 6) is -17.7. The first-order valence-corrected chi connectivity index (χ1v) is 13.1. The normalized spacial score (nSPS) is 13.3. The van der Waals surface area contributed by atoms with Crippen LogP contribution >= 0.6 is 11.8 Å². The highest BCUT2D eigenvalue weighted by atomic mass is 32.2. The summed E-state index contributed by atoms with van der Waals surface area (Å²) in [5.41, 5.74) is -2.71. The number of hydrogen-bond acceptors (Lipinski definition) is 4. The van der Waals surface area contributed by atoms with Gasteiger partial charge in [0.1, 0.15) is 12.2 Å². The average Bonchev–Trinajstić information content (AvgIpc) is 2.86. The smallest absolute Gasteiger partial charge is 0.417 e. The molecule has 3 rings (SSSR count). The van der Waals surface area contributed by atoms with Gasteiger partial charge in [-0.15, -0.1) is 11.8 Å². The highest BCUT2D eigenvalue weighted by Gasteiger charge is 2.71. The van der Waals surface area contributed by atoms with Crippen molar-refractivity contribution in [2.75, 3.05) is 19.5 Å². The number of alkyl halides is 9. The third kappa shape index (κ3) is 6.79. The van der Waals surface area contributed by atoms with Gasteiger partial charge in [-0.1, -0.05) is 38.0 Å². The molecule has 0 fully saturated rings. The molecule has 0 aliphatic rings. The molecule has 13 heteroatoms. The maximum Gasteiger partial charge on any atom is 0.417 e. The third-order valence-corrected chi connectivity index (χ3v) is 7.21. The molecule has 220 valence electrons. The second-order valence-electron chi connectivity index (χ2n) is 9.19. The van der Waals surface area contributed by atoms with E-state index in [2.05, 4.69) is 4.74 Å². The predicted molar refractivity (Wildman–Crippen MR) is 134 cm³/mol. The molecule has 0 aliphatic heterocycles. The quantitative estimate of drug-likeness (QED) is 0.0902. The van der Waals surface area contributed by atoms with E-state index in [1.165, 1.54) is 24.3 Å². The molecule has 0 N–H and O–H groups in total. The van der Waals surface area contributed by atoms with E-state index in [9.17, 15) is 44.3 Å². The maximum absolute atomic E-state index is 14.1. The van der Waals surface area contributed by atoms with Gasteiger partial charge in [-0.3, -0.25) is 0 Å². The van der Waals surface area contributed by atoms with Crippen LogP contribution in [0.3, 0.4) is 0 Å². The van der Waals surface area contributed by atoms with Crippen LogP contribution in [-0.4, -0.2) is 37.2 Å². The minimum atomic E-state index is -5.72. The molecular formula is C27H25F9O3S. The summed E-state index contributed by atoms with van der Waals surface area (Å²) < 4.78 is 134. The van der Waals surface area contributed by atoms with Gasteiger partial charge >= 0.3 is 29.6 Å². The van der Waals surface area contributed by atoms with Crippen LogP contribution in [0.15, 0.2) is 56.6 Å². The molecule has 1 aromatic heterocycles. The minimum Gasteiger partial charge on any atom is -0.422 e. The van der Waals surface area contributed by atoms with Crippen molar-refractivity contribution >= 4 is 22.7 Å². The van der Waals surface area contributed by atoms with Gasteiger partial charge in [0, 0.05) is 23.0 Å². The number of hydrogen-bond donors (Lipinski definition) is 0. The third-order valence-electron chi connectivity index (χ3n) is 6.12. The molecule has 3 nitrogen and oxygen atoms in total. The number of aryl methyl sites for hydroxylation is 1. The first-order valence-electron chi connectivity index (χ1n) is 12.1. The Kier molecular flexibility index (Phi) is 9.60. The Morgan fingerprint density at radius 2 is 1.55 bits per heavy atom. The minimum absolute atomic E-state index is 0.110. The number of fused-ring (bicyclic) bond motifs is 1. The molecule has 0 aliphatic carbocycles. The molecule has 3 aromatic rings. The van der Waals surface area contributed by atoms with Crippen LogP contribution in [-0.2, 0) is 17.3 Å². The van der Waals surface area contributed by atoms with Gasteiger partial charge in [0.25, 0.3) is 0 Å². The number of methoxy groups -OCH3 is 1. The molecule has 0 bridgehead atoms. The van der Waals surface area contributed by atoms with Crippen molar-refractivity contribution in [1.29, 1.82) is 0 Å². The van der Waals surface area contributed by atoms with Gasteiger partial charge in [-0.2, -0.15) is 39.5 Å². The zero-order valence-corrected chi connectivity index (χ0v) is 22.1. The summed E-state index contributed by atoms with van der Waals surface area (Å²) >= 11 is 0.110. The Labute approximate surface area is 227 Å². The molecule has 0 spiro atoms. The topological polar surface area (TPSA) is 39.4 Å². The lowest BCUT2D eigenvalue weighted by atomic mass is 9.95. The van der Waals surface area contributed by atoms with Crippen molar-refractivity contribution in [1.82, 2.24) is 0 Å². The number of rotatable bonds is 12. The van der Waals surface area contributed by atoms with Crippen molar-refractivity contribution in [2.45, 2.75) is 61.4 Å². The first-order chi connectivity index (χ1) is 18.5. The van der Waals surface area contributed by atoms with Gasteiger partial charge in [0.15, 0.2) is 0 Å². The van der Waals surface area contributed by atoms with Gasteiger partial charge in [-0.05, 0) is 42.7 Å². The number of halogens is 9. The molecule has 0 amide bonds. The molecule has 0 radical (unpaired) electrons. The van der Waals surface area contributed by atoms with Gasteiger partial charge in [0.05, 0.1) is 16.9 Å². The number of unbranched alkanes of at least 4 members (excludes halogenated alkanes) is 2. The summed E-state index contributed by atoms with van der Waals surface area (Å²) in [6.45, 7) is 0.0473. The molecule has 40 heavy (non-hydrogen) atoms. The van der Waals surface area contributed by atoms with Crippen LogP contribution in [0.2, 0.25) is 0 Å². The van der Waals surface area contributed by atoms with Gasteiger partial charge in [-0.25, -0.2) is 4.79 Å². The van der Waals surface area contributed by atoms with E-state index >= 15 is 0 Å². The Morgan fingerprint density at radius 3 is 2.17 bits per heavy atom. The van der Waals surface area contributed by atoms with E-state index in [-0.39, 0.29) is 33.2 Å². The fourth-order valence-corrected chi connectivity index (χ4v) is 4.85. The fraction of sp³-hybridized carbons (Fsp3) is 0.444. The summed E-state index contributed by atoms with van der Waals surface area (Å²) in [6.07, 6.45) is -1.91. The molecule has 0 saturated heterocycles. The fourth-order valence-electron chi connectivity index (χ4n) is 3.97. The number of thioether (sulfide) groups is 1. The van der Waals surface area contributed by atoms with E-state index < -0.39 is 53.1 Å². The SMILES string of the molecule is CCCCCc1ccc(-c2cc3ccc(SCC(F)(F)C(F)(F)C(F)(F)COC)cc3oc2=O)c(C(F)(F)F)c1. The number of ether oxygens (including phenoxy) is 1. The van der Waals surface area contributed by atoms with Crippen LogP contribution in [0.1, 0.15) is 37.3 Å². The Hall–Kier alpha value is -2.67. The van der Waals surface area contributed by atoms with Crippen LogP contribution in [0, 0.1) is 0 Å². The Morgan fingerprint density at radius 1 is 0.850 bits per heavy atom. The Bertz CT molecular complexity index is 1380. The molecule has 2 aromatic carbocycles. The molecule has 0 saturated carbocycles. The van der Waals surface area contributed by atoms with Crippen molar-refractivity contribution in [2.24, 2.45) is 0 Å².